The molecule has 0 unspecified atom stereocenters. The molecule has 0 bridgehead atoms. The molecule has 5 rings (SSSR count). The second kappa shape index (κ2) is 11.5. The highest BCUT2D eigenvalue weighted by Crippen LogP contribution is 2.27. The lowest BCUT2D eigenvalue weighted by Gasteiger charge is -2.08. The molecule has 2 amide bonds. The summed E-state index contributed by atoms with van der Waals surface area (Å²) in [6.45, 7) is 4.23. The van der Waals surface area contributed by atoms with Gasteiger partial charge >= 0.3 is 0 Å². The van der Waals surface area contributed by atoms with E-state index in [4.69, 9.17) is 0 Å². The molecule has 2 heterocycles. The zero-order valence-corrected chi connectivity index (χ0v) is 22.7. The maximum atomic E-state index is 13.1. The van der Waals surface area contributed by atoms with E-state index >= 15 is 0 Å². The lowest BCUT2D eigenvalue weighted by atomic mass is 10.1. The molecule has 0 aliphatic carbocycles. The Bertz CT molecular complexity index is 1450. The van der Waals surface area contributed by atoms with Gasteiger partial charge in [0.1, 0.15) is 0 Å². The number of amides is 2. The van der Waals surface area contributed by atoms with Crippen molar-refractivity contribution in [2.24, 2.45) is 0 Å². The smallest absolute Gasteiger partial charge is 0.258 e. The number of anilines is 2. The average Bonchev–Trinajstić information content (AvgIpc) is 3.63. The van der Waals surface area contributed by atoms with Crippen LogP contribution in [0, 0.1) is 0 Å². The molecule has 0 saturated heterocycles. The highest BCUT2D eigenvalue weighted by molar-refractivity contribution is 7.14. The first-order valence-corrected chi connectivity index (χ1v) is 14.1. The summed E-state index contributed by atoms with van der Waals surface area (Å²) >= 11 is 2.69. The van der Waals surface area contributed by atoms with Gasteiger partial charge in [0, 0.05) is 21.9 Å². The number of benzene rings is 3. The van der Waals surface area contributed by atoms with E-state index in [0.29, 0.717) is 10.3 Å². The van der Waals surface area contributed by atoms with Crippen LogP contribution < -0.4 is 10.6 Å². The van der Waals surface area contributed by atoms with Crippen molar-refractivity contribution in [3.8, 4) is 22.5 Å². The second-order valence-electron chi connectivity index (χ2n) is 8.63. The molecule has 0 aliphatic heterocycles. The Kier molecular flexibility index (Phi) is 7.72. The zero-order valence-electron chi connectivity index (χ0n) is 21.0. The van der Waals surface area contributed by atoms with Crippen LogP contribution in [0.15, 0.2) is 83.6 Å². The van der Waals surface area contributed by atoms with Crippen molar-refractivity contribution in [3.63, 3.8) is 0 Å². The van der Waals surface area contributed by atoms with Crippen molar-refractivity contribution in [2.75, 3.05) is 10.6 Å². The molecule has 8 heteroatoms. The fourth-order valence-corrected chi connectivity index (χ4v) is 5.39. The van der Waals surface area contributed by atoms with Crippen LogP contribution >= 0.6 is 22.7 Å². The van der Waals surface area contributed by atoms with E-state index in [1.807, 2.05) is 35.0 Å². The topological polar surface area (TPSA) is 84.0 Å². The monoisotopic (exact) mass is 538 g/mol. The SMILES string of the molecule is CCc1ccc(-c2csc(NC(=O)c3ccccc3C(=O)Nc3nc(-c4ccc(CC)cc4)cs3)n2)cc1. The standard InChI is InChI=1S/C30H26N4O2S2/c1-3-19-9-13-21(14-10-19)25-17-37-29(31-25)33-27(35)23-7-5-6-8-24(23)28(36)34-30-32-26(18-38-30)22-15-11-20(4-2)12-16-22/h5-18H,3-4H2,1-2H3,(H,31,33,35)(H,32,34,36). The molecule has 0 radical (unpaired) electrons. The Morgan fingerprint density at radius 1 is 0.632 bits per heavy atom. The quantitative estimate of drug-likeness (QED) is 0.213. The van der Waals surface area contributed by atoms with E-state index in [9.17, 15) is 9.59 Å². The first-order chi connectivity index (χ1) is 18.5. The van der Waals surface area contributed by atoms with Gasteiger partial charge in [0.15, 0.2) is 10.3 Å². The van der Waals surface area contributed by atoms with Crippen LogP contribution in [0.25, 0.3) is 22.5 Å². The number of aromatic nitrogens is 2. The third-order valence-corrected chi connectivity index (χ3v) is 7.70. The van der Waals surface area contributed by atoms with Gasteiger partial charge in [-0.05, 0) is 36.1 Å². The number of rotatable bonds is 8. The van der Waals surface area contributed by atoms with Crippen molar-refractivity contribution in [1.82, 2.24) is 9.97 Å². The summed E-state index contributed by atoms with van der Waals surface area (Å²) in [5, 5.41) is 10.4. The fourth-order valence-electron chi connectivity index (χ4n) is 3.96. The predicted octanol–water partition coefficient (Wildman–Crippen LogP) is 7.56. The Hall–Kier alpha value is -4.14. The molecule has 0 atom stereocenters. The first-order valence-electron chi connectivity index (χ1n) is 12.4. The number of carbonyl (C=O) groups is 2. The Balaban J connectivity index is 1.28. The summed E-state index contributed by atoms with van der Waals surface area (Å²) in [6.07, 6.45) is 1.95. The van der Waals surface area contributed by atoms with Gasteiger partial charge in [0.25, 0.3) is 11.8 Å². The maximum Gasteiger partial charge on any atom is 0.258 e. The van der Waals surface area contributed by atoms with Crippen LogP contribution in [-0.4, -0.2) is 21.8 Å². The number of carbonyl (C=O) groups excluding carboxylic acids is 2. The van der Waals surface area contributed by atoms with E-state index in [1.165, 1.54) is 33.8 Å². The summed E-state index contributed by atoms with van der Waals surface area (Å²) in [5.41, 5.74) is 6.61. The van der Waals surface area contributed by atoms with Crippen molar-refractivity contribution in [3.05, 3.63) is 106 Å². The average molecular weight is 539 g/mol. The summed E-state index contributed by atoms with van der Waals surface area (Å²) in [4.78, 5) is 35.4. The molecule has 6 nitrogen and oxygen atoms in total. The fraction of sp³-hybridized carbons (Fsp3) is 0.133. The maximum absolute atomic E-state index is 13.1. The number of thiazole rings is 2. The molecule has 0 saturated carbocycles. The molecular formula is C30H26N4O2S2. The van der Waals surface area contributed by atoms with Crippen LogP contribution in [-0.2, 0) is 12.8 Å². The number of nitrogens with zero attached hydrogens (tertiary/aromatic N) is 2. The molecule has 2 aromatic heterocycles. The van der Waals surface area contributed by atoms with Crippen molar-refractivity contribution >= 4 is 44.8 Å². The number of nitrogens with one attached hydrogen (secondary N) is 2. The van der Waals surface area contributed by atoms with Crippen LogP contribution in [0.4, 0.5) is 10.3 Å². The minimum Gasteiger partial charge on any atom is -0.298 e. The van der Waals surface area contributed by atoms with Crippen molar-refractivity contribution in [1.29, 1.82) is 0 Å². The first kappa shape index (κ1) is 25.5. The molecular weight excluding hydrogens is 512 g/mol. The number of hydrogen-bond donors (Lipinski definition) is 2. The van der Waals surface area contributed by atoms with Crippen molar-refractivity contribution in [2.45, 2.75) is 26.7 Å². The van der Waals surface area contributed by atoms with Crippen molar-refractivity contribution < 1.29 is 9.59 Å². The largest absolute Gasteiger partial charge is 0.298 e. The van der Waals surface area contributed by atoms with Crippen LogP contribution in [0.2, 0.25) is 0 Å². The Labute approximate surface area is 229 Å². The third kappa shape index (κ3) is 5.72. The molecule has 0 spiro atoms. The van der Waals surface area contributed by atoms with E-state index in [2.05, 4.69) is 58.7 Å². The minimum absolute atomic E-state index is 0.265. The van der Waals surface area contributed by atoms with E-state index in [-0.39, 0.29) is 11.1 Å². The summed E-state index contributed by atoms with van der Waals surface area (Å²) in [6, 6.07) is 23.2. The van der Waals surface area contributed by atoms with Gasteiger partial charge in [-0.3, -0.25) is 20.2 Å². The summed E-state index contributed by atoms with van der Waals surface area (Å²) < 4.78 is 0. The molecule has 0 aliphatic rings. The van der Waals surface area contributed by atoms with Gasteiger partial charge in [-0.15, -0.1) is 22.7 Å². The summed E-state index contributed by atoms with van der Waals surface area (Å²) in [5.74, 6) is -0.789. The van der Waals surface area contributed by atoms with Gasteiger partial charge in [-0.2, -0.15) is 0 Å². The van der Waals surface area contributed by atoms with Crippen LogP contribution in [0.3, 0.4) is 0 Å². The Morgan fingerprint density at radius 2 is 1.03 bits per heavy atom. The van der Waals surface area contributed by atoms with Gasteiger partial charge in [0.2, 0.25) is 0 Å². The van der Waals surface area contributed by atoms with E-state index in [1.54, 1.807) is 24.3 Å². The van der Waals surface area contributed by atoms with Crippen LogP contribution in [0.5, 0.6) is 0 Å². The molecule has 190 valence electrons. The van der Waals surface area contributed by atoms with E-state index in [0.717, 1.165) is 35.4 Å². The predicted molar refractivity (Wildman–Crippen MR) is 156 cm³/mol. The van der Waals surface area contributed by atoms with Gasteiger partial charge in [-0.25, -0.2) is 9.97 Å². The van der Waals surface area contributed by atoms with Gasteiger partial charge < -0.3 is 0 Å². The minimum atomic E-state index is -0.395. The van der Waals surface area contributed by atoms with Crippen LogP contribution in [0.1, 0.15) is 45.7 Å². The summed E-state index contributed by atoms with van der Waals surface area (Å²) in [7, 11) is 0. The normalized spacial score (nSPS) is 10.8. The molecule has 0 fully saturated rings. The highest BCUT2D eigenvalue weighted by Gasteiger charge is 2.19. The lowest BCUT2D eigenvalue weighted by molar-refractivity contribution is 0.0990. The van der Waals surface area contributed by atoms with Gasteiger partial charge in [-0.1, -0.05) is 74.5 Å². The second-order valence-corrected chi connectivity index (χ2v) is 10.3. The molecule has 3 aromatic carbocycles. The number of aryl methyl sites for hydroxylation is 2. The highest BCUT2D eigenvalue weighted by atomic mass is 32.1. The lowest BCUT2D eigenvalue weighted by Crippen LogP contribution is -2.20. The van der Waals surface area contributed by atoms with E-state index < -0.39 is 11.8 Å². The molecule has 5 aromatic rings. The zero-order chi connectivity index (χ0) is 26.5. The Morgan fingerprint density at radius 3 is 1.39 bits per heavy atom. The molecule has 38 heavy (non-hydrogen) atoms. The number of hydrogen-bond acceptors (Lipinski definition) is 6. The third-order valence-electron chi connectivity index (χ3n) is 6.18. The van der Waals surface area contributed by atoms with Gasteiger partial charge in [0.05, 0.1) is 22.5 Å². The molecule has 2 N–H and O–H groups in total.